The van der Waals surface area contributed by atoms with Crippen LogP contribution in [0, 0.1) is 11.8 Å². The molecule has 9 heteroatoms. The second kappa shape index (κ2) is 12.8. The van der Waals surface area contributed by atoms with E-state index in [1.54, 1.807) is 0 Å². The first-order chi connectivity index (χ1) is 17.3. The van der Waals surface area contributed by atoms with E-state index in [0.717, 1.165) is 71.5 Å². The smallest absolute Gasteiger partial charge is 0.410 e. The van der Waals surface area contributed by atoms with Gasteiger partial charge in [0.05, 0.1) is 0 Å². The molecule has 3 fully saturated rings. The molecule has 0 aliphatic carbocycles. The Kier molecular flexibility index (Phi) is 10.3. The van der Waals surface area contributed by atoms with E-state index in [4.69, 9.17) is 9.47 Å². The summed E-state index contributed by atoms with van der Waals surface area (Å²) in [7, 11) is 0. The lowest BCUT2D eigenvalue weighted by molar-refractivity contribution is -0.154. The Balaban J connectivity index is 1.34. The highest BCUT2D eigenvalue weighted by Crippen LogP contribution is 2.29. The molecule has 0 bridgehead atoms. The average Bonchev–Trinajstić information content (AvgIpc) is 2.79. The fraction of sp³-hybridized carbons (Fsp3) is 0.893. The number of nitrogens with one attached hydrogen (secondary N) is 1. The molecule has 3 aliphatic heterocycles. The van der Waals surface area contributed by atoms with Crippen LogP contribution in [0.1, 0.15) is 80.1 Å². The lowest BCUT2D eigenvalue weighted by Crippen LogP contribution is -2.56. The number of rotatable bonds is 7. The van der Waals surface area contributed by atoms with Crippen LogP contribution in [0.2, 0.25) is 0 Å². The van der Waals surface area contributed by atoms with Gasteiger partial charge in [-0.25, -0.2) is 4.79 Å². The van der Waals surface area contributed by atoms with Crippen molar-refractivity contribution < 1.29 is 23.9 Å². The van der Waals surface area contributed by atoms with E-state index >= 15 is 0 Å². The van der Waals surface area contributed by atoms with Gasteiger partial charge in [-0.2, -0.15) is 0 Å². The number of hydrogen-bond acceptors (Lipinski definition) is 7. The third-order valence-electron chi connectivity index (χ3n) is 7.56. The van der Waals surface area contributed by atoms with Crippen molar-refractivity contribution in [1.29, 1.82) is 0 Å². The monoisotopic (exact) mass is 522 g/mol. The first-order valence-electron chi connectivity index (χ1n) is 14.2. The van der Waals surface area contributed by atoms with Crippen LogP contribution in [0.3, 0.4) is 0 Å². The molecule has 3 saturated heterocycles. The van der Waals surface area contributed by atoms with E-state index in [9.17, 15) is 14.4 Å². The van der Waals surface area contributed by atoms with Crippen molar-refractivity contribution in [1.82, 2.24) is 20.0 Å². The molecule has 212 valence electrons. The number of piperidine rings is 2. The summed E-state index contributed by atoms with van der Waals surface area (Å²) in [5, 5.41) is 2.74. The van der Waals surface area contributed by atoms with Crippen LogP contribution in [-0.4, -0.2) is 102 Å². The molecule has 0 saturated carbocycles. The predicted octanol–water partition coefficient (Wildman–Crippen LogP) is 3.27. The maximum Gasteiger partial charge on any atom is 0.410 e. The molecule has 3 heterocycles. The molecule has 2 amide bonds. The number of amides is 2. The van der Waals surface area contributed by atoms with Gasteiger partial charge in [-0.15, -0.1) is 0 Å². The normalized spacial score (nSPS) is 24.3. The van der Waals surface area contributed by atoms with Crippen LogP contribution >= 0.6 is 0 Å². The number of esters is 1. The Bertz CT molecular complexity index is 782. The van der Waals surface area contributed by atoms with Gasteiger partial charge in [0.25, 0.3) is 0 Å². The minimum atomic E-state index is -0.543. The topological polar surface area (TPSA) is 91.4 Å². The second-order valence-electron chi connectivity index (χ2n) is 13.1. The highest BCUT2D eigenvalue weighted by atomic mass is 16.6. The van der Waals surface area contributed by atoms with Crippen molar-refractivity contribution in [3.63, 3.8) is 0 Å². The Labute approximate surface area is 223 Å². The zero-order chi connectivity index (χ0) is 27.2. The van der Waals surface area contributed by atoms with Crippen molar-refractivity contribution >= 4 is 18.0 Å². The van der Waals surface area contributed by atoms with E-state index in [-0.39, 0.29) is 18.5 Å². The van der Waals surface area contributed by atoms with Crippen LogP contribution in [0.5, 0.6) is 0 Å². The van der Waals surface area contributed by atoms with Gasteiger partial charge in [0.1, 0.15) is 17.7 Å². The van der Waals surface area contributed by atoms with Crippen molar-refractivity contribution in [2.45, 2.75) is 97.3 Å². The number of piperazine rings is 1. The first-order valence-corrected chi connectivity index (χ1v) is 14.2. The van der Waals surface area contributed by atoms with Crippen LogP contribution < -0.4 is 5.32 Å². The van der Waals surface area contributed by atoms with Crippen molar-refractivity contribution in [3.05, 3.63) is 0 Å². The molecule has 1 N–H and O–H groups in total. The number of nitrogens with zero attached hydrogens (tertiary/aromatic N) is 3. The van der Waals surface area contributed by atoms with Gasteiger partial charge in [-0.3, -0.25) is 14.5 Å². The molecule has 9 nitrogen and oxygen atoms in total. The number of carbonyl (C=O) groups is 3. The van der Waals surface area contributed by atoms with Crippen LogP contribution in [0.4, 0.5) is 4.79 Å². The molecule has 3 aliphatic rings. The summed E-state index contributed by atoms with van der Waals surface area (Å²) < 4.78 is 10.8. The molecule has 37 heavy (non-hydrogen) atoms. The van der Waals surface area contributed by atoms with Gasteiger partial charge in [0, 0.05) is 45.2 Å². The zero-order valence-corrected chi connectivity index (χ0v) is 24.0. The van der Waals surface area contributed by atoms with Crippen LogP contribution in [0.25, 0.3) is 0 Å². The summed E-state index contributed by atoms with van der Waals surface area (Å²) in [6, 6.07) is 0.500. The summed E-state index contributed by atoms with van der Waals surface area (Å²) in [5.41, 5.74) is -0.989. The highest BCUT2D eigenvalue weighted by Gasteiger charge is 2.34. The summed E-state index contributed by atoms with van der Waals surface area (Å²) in [6.45, 7) is 18.1. The summed E-state index contributed by atoms with van der Waals surface area (Å²) in [6.07, 6.45) is 5.62. The quantitative estimate of drug-likeness (QED) is 0.513. The zero-order valence-electron chi connectivity index (χ0n) is 24.0. The maximum absolute atomic E-state index is 12.4. The Hall–Kier alpha value is -1.87. The van der Waals surface area contributed by atoms with Gasteiger partial charge in [-0.05, 0) is 98.6 Å². The lowest BCUT2D eigenvalue weighted by Gasteiger charge is -2.46. The Morgan fingerprint density at radius 1 is 0.838 bits per heavy atom. The highest BCUT2D eigenvalue weighted by molar-refractivity contribution is 5.82. The minimum Gasteiger partial charge on any atom is -0.459 e. The van der Waals surface area contributed by atoms with Gasteiger partial charge >= 0.3 is 12.1 Å². The molecule has 0 aromatic rings. The van der Waals surface area contributed by atoms with E-state index < -0.39 is 17.2 Å². The van der Waals surface area contributed by atoms with Gasteiger partial charge in [-0.1, -0.05) is 0 Å². The Morgan fingerprint density at radius 2 is 1.49 bits per heavy atom. The fourth-order valence-corrected chi connectivity index (χ4v) is 5.69. The number of hydrogen-bond donors (Lipinski definition) is 1. The van der Waals surface area contributed by atoms with Crippen molar-refractivity contribution in [2.75, 3.05) is 52.4 Å². The van der Waals surface area contributed by atoms with Crippen LogP contribution in [0.15, 0.2) is 0 Å². The van der Waals surface area contributed by atoms with Crippen molar-refractivity contribution in [2.24, 2.45) is 11.8 Å². The second-order valence-corrected chi connectivity index (χ2v) is 13.1. The maximum atomic E-state index is 12.4. The van der Waals surface area contributed by atoms with Gasteiger partial charge < -0.3 is 24.6 Å². The molecule has 0 aromatic heterocycles. The molecule has 0 spiro atoms. The number of fused-ring (bicyclic) bond motifs is 1. The lowest BCUT2D eigenvalue weighted by atomic mass is 9.86. The summed E-state index contributed by atoms with van der Waals surface area (Å²) in [4.78, 5) is 43.7. The molecular formula is C28H50N4O5. The van der Waals surface area contributed by atoms with E-state index in [2.05, 4.69) is 15.1 Å². The van der Waals surface area contributed by atoms with E-state index in [0.29, 0.717) is 24.3 Å². The number of ether oxygens (including phenoxy) is 2. The SMILES string of the molecule is CC(C)(C)OC(=O)CNC(=O)CC1CCN2CCN(CCC3CCN(C(=O)OC(C)(C)C)CC3)C[C@H]2C1. The number of likely N-dealkylation sites (tertiary alicyclic amines) is 1. The van der Waals surface area contributed by atoms with Gasteiger partial charge in [0.2, 0.25) is 5.91 Å². The Morgan fingerprint density at radius 3 is 2.14 bits per heavy atom. The predicted molar refractivity (Wildman–Crippen MR) is 143 cm³/mol. The third-order valence-corrected chi connectivity index (χ3v) is 7.56. The molecule has 0 radical (unpaired) electrons. The van der Waals surface area contributed by atoms with E-state index in [1.165, 1.54) is 6.42 Å². The van der Waals surface area contributed by atoms with E-state index in [1.807, 2.05) is 46.4 Å². The summed E-state index contributed by atoms with van der Waals surface area (Å²) >= 11 is 0. The van der Waals surface area contributed by atoms with Gasteiger partial charge in [0.15, 0.2) is 0 Å². The molecule has 1 unspecified atom stereocenters. The standard InChI is InChI=1S/C28H50N4O5/c1-27(2,3)36-25(34)19-29-24(33)18-22-10-12-31-16-15-30(20-23(31)17-22)11-7-21-8-13-32(14-9-21)26(35)37-28(4,5)6/h21-23H,7-20H2,1-6H3,(H,29,33)/t22?,23-/m1/s1. The molecule has 0 aromatic carbocycles. The third kappa shape index (κ3) is 10.4. The summed E-state index contributed by atoms with van der Waals surface area (Å²) in [5.74, 6) is 0.560. The minimum absolute atomic E-state index is 0.0605. The molecule has 2 atom stereocenters. The number of carbonyl (C=O) groups excluding carboxylic acids is 3. The van der Waals surface area contributed by atoms with Crippen molar-refractivity contribution in [3.8, 4) is 0 Å². The largest absolute Gasteiger partial charge is 0.459 e. The molecule has 3 rings (SSSR count). The first kappa shape index (κ1) is 29.7. The van der Waals surface area contributed by atoms with Crippen LogP contribution in [-0.2, 0) is 19.1 Å². The molecular weight excluding hydrogens is 472 g/mol. The average molecular weight is 523 g/mol. The fourth-order valence-electron chi connectivity index (χ4n) is 5.69.